The first-order chi connectivity index (χ1) is 9.16. The standard InChI is InChI=1S/C13H15ClN2O4/c1-7(17)15(3)10-5-9(13(19)20)6-11(12(10)14)16(4)8(2)18/h5-6H,1-4H3,(H,19,20). The van der Waals surface area contributed by atoms with Crippen molar-refractivity contribution in [3.05, 3.63) is 22.7 Å². The van der Waals surface area contributed by atoms with Gasteiger partial charge in [-0.15, -0.1) is 0 Å². The van der Waals surface area contributed by atoms with E-state index < -0.39 is 5.97 Å². The van der Waals surface area contributed by atoms with Crippen LogP contribution in [0, 0.1) is 0 Å². The molecular formula is C13H15ClN2O4. The summed E-state index contributed by atoms with van der Waals surface area (Å²) in [5.41, 5.74) is 0.421. The molecular weight excluding hydrogens is 284 g/mol. The van der Waals surface area contributed by atoms with E-state index in [2.05, 4.69) is 0 Å². The van der Waals surface area contributed by atoms with E-state index in [0.29, 0.717) is 0 Å². The lowest BCUT2D eigenvalue weighted by atomic mass is 10.1. The first kappa shape index (κ1) is 16.0. The van der Waals surface area contributed by atoms with Crippen LogP contribution in [-0.4, -0.2) is 37.0 Å². The summed E-state index contributed by atoms with van der Waals surface area (Å²) < 4.78 is 0. The van der Waals surface area contributed by atoms with Crippen LogP contribution in [0.5, 0.6) is 0 Å². The first-order valence-corrected chi connectivity index (χ1v) is 6.10. The van der Waals surface area contributed by atoms with Crippen LogP contribution in [0.2, 0.25) is 5.02 Å². The minimum absolute atomic E-state index is 0.0550. The fraction of sp³-hybridized carbons (Fsp3) is 0.308. The molecule has 0 bridgehead atoms. The number of carboxylic acid groups (broad SMARTS) is 1. The molecule has 108 valence electrons. The highest BCUT2D eigenvalue weighted by Gasteiger charge is 2.20. The van der Waals surface area contributed by atoms with Gasteiger partial charge < -0.3 is 14.9 Å². The summed E-state index contributed by atoms with van der Waals surface area (Å²) in [6.07, 6.45) is 0. The average Bonchev–Trinajstić information content (AvgIpc) is 2.36. The number of hydrogen-bond acceptors (Lipinski definition) is 3. The normalized spacial score (nSPS) is 10.1. The SMILES string of the molecule is CC(=O)N(C)c1cc(C(=O)O)cc(N(C)C(C)=O)c1Cl. The number of nitrogens with zero attached hydrogens (tertiary/aromatic N) is 2. The van der Waals surface area contributed by atoms with Crippen molar-refractivity contribution in [2.75, 3.05) is 23.9 Å². The van der Waals surface area contributed by atoms with Gasteiger partial charge in [0.25, 0.3) is 0 Å². The van der Waals surface area contributed by atoms with Gasteiger partial charge in [-0.1, -0.05) is 11.6 Å². The average molecular weight is 299 g/mol. The van der Waals surface area contributed by atoms with Crippen LogP contribution in [0.3, 0.4) is 0 Å². The van der Waals surface area contributed by atoms with Gasteiger partial charge in [0.05, 0.1) is 22.0 Å². The summed E-state index contributed by atoms with van der Waals surface area (Å²) in [5, 5.41) is 9.26. The Hall–Kier alpha value is -2.08. The summed E-state index contributed by atoms with van der Waals surface area (Å²) in [6.45, 7) is 2.66. The monoisotopic (exact) mass is 298 g/mol. The molecule has 2 amide bonds. The zero-order valence-electron chi connectivity index (χ0n) is 11.6. The maximum Gasteiger partial charge on any atom is 0.335 e. The zero-order valence-corrected chi connectivity index (χ0v) is 12.4. The van der Waals surface area contributed by atoms with Gasteiger partial charge in [0.1, 0.15) is 0 Å². The molecule has 0 saturated heterocycles. The number of carbonyl (C=O) groups is 3. The number of hydrogen-bond donors (Lipinski definition) is 1. The van der Waals surface area contributed by atoms with Crippen molar-refractivity contribution >= 4 is 40.8 Å². The molecule has 7 heteroatoms. The summed E-state index contributed by atoms with van der Waals surface area (Å²) in [7, 11) is 2.96. The van der Waals surface area contributed by atoms with Crippen molar-refractivity contribution in [2.24, 2.45) is 0 Å². The van der Waals surface area contributed by atoms with E-state index >= 15 is 0 Å². The van der Waals surface area contributed by atoms with Crippen LogP contribution in [0.4, 0.5) is 11.4 Å². The number of carboxylic acids is 1. The third-order valence-electron chi connectivity index (χ3n) is 2.95. The number of benzene rings is 1. The minimum atomic E-state index is -1.17. The van der Waals surface area contributed by atoms with E-state index in [1.54, 1.807) is 0 Å². The van der Waals surface area contributed by atoms with Crippen LogP contribution in [0.1, 0.15) is 24.2 Å². The van der Waals surface area contributed by atoms with Crippen molar-refractivity contribution in [3.63, 3.8) is 0 Å². The predicted octanol–water partition coefficient (Wildman–Crippen LogP) is 2.00. The van der Waals surface area contributed by atoms with E-state index in [0.717, 1.165) is 0 Å². The van der Waals surface area contributed by atoms with E-state index in [9.17, 15) is 14.4 Å². The summed E-state index contributed by atoms with van der Waals surface area (Å²) in [4.78, 5) is 36.5. The van der Waals surface area contributed by atoms with Gasteiger partial charge in [-0.05, 0) is 12.1 Å². The lowest BCUT2D eigenvalue weighted by Gasteiger charge is -2.23. The third-order valence-corrected chi connectivity index (χ3v) is 3.34. The number of amides is 2. The molecule has 0 aliphatic carbocycles. The highest BCUT2D eigenvalue weighted by molar-refractivity contribution is 6.37. The Morgan fingerprint density at radius 2 is 1.35 bits per heavy atom. The molecule has 0 aliphatic heterocycles. The Balaban J connectivity index is 3.56. The second kappa shape index (κ2) is 5.92. The Bertz CT molecular complexity index is 545. The summed E-state index contributed by atoms with van der Waals surface area (Å²) in [6, 6.07) is 2.59. The minimum Gasteiger partial charge on any atom is -0.478 e. The zero-order chi connectivity index (χ0) is 15.6. The number of halogens is 1. The molecule has 1 rings (SSSR count). The van der Waals surface area contributed by atoms with E-state index in [1.807, 2.05) is 0 Å². The van der Waals surface area contributed by atoms with Crippen molar-refractivity contribution in [3.8, 4) is 0 Å². The van der Waals surface area contributed by atoms with Crippen LogP contribution < -0.4 is 9.80 Å². The van der Waals surface area contributed by atoms with Gasteiger partial charge in [0.2, 0.25) is 11.8 Å². The smallest absolute Gasteiger partial charge is 0.335 e. The highest BCUT2D eigenvalue weighted by atomic mass is 35.5. The number of aromatic carboxylic acids is 1. The summed E-state index contributed by atoms with van der Waals surface area (Å²) in [5.74, 6) is -1.77. The Labute approximate surface area is 121 Å². The molecule has 0 unspecified atom stereocenters. The molecule has 20 heavy (non-hydrogen) atoms. The molecule has 0 aromatic heterocycles. The molecule has 0 radical (unpaired) electrons. The predicted molar refractivity (Wildman–Crippen MR) is 76.6 cm³/mol. The molecule has 0 fully saturated rings. The molecule has 1 aromatic carbocycles. The Morgan fingerprint density at radius 1 is 1.00 bits per heavy atom. The molecule has 0 aliphatic rings. The molecule has 0 saturated carbocycles. The van der Waals surface area contributed by atoms with E-state index in [1.165, 1.54) is 49.9 Å². The highest BCUT2D eigenvalue weighted by Crippen LogP contribution is 2.36. The molecule has 1 aromatic rings. The van der Waals surface area contributed by atoms with Crippen molar-refractivity contribution in [1.29, 1.82) is 0 Å². The van der Waals surface area contributed by atoms with Gasteiger partial charge in [-0.2, -0.15) is 0 Å². The number of rotatable bonds is 3. The largest absolute Gasteiger partial charge is 0.478 e. The van der Waals surface area contributed by atoms with Crippen LogP contribution in [0.15, 0.2) is 12.1 Å². The second-order valence-corrected chi connectivity index (χ2v) is 4.67. The first-order valence-electron chi connectivity index (χ1n) is 5.72. The lowest BCUT2D eigenvalue weighted by molar-refractivity contribution is -0.117. The fourth-order valence-corrected chi connectivity index (χ4v) is 1.91. The number of carbonyl (C=O) groups excluding carboxylic acids is 2. The fourth-order valence-electron chi connectivity index (χ4n) is 1.55. The molecule has 6 nitrogen and oxygen atoms in total. The Morgan fingerprint density at radius 3 is 1.60 bits per heavy atom. The van der Waals surface area contributed by atoms with Crippen molar-refractivity contribution < 1.29 is 19.5 Å². The second-order valence-electron chi connectivity index (χ2n) is 4.29. The lowest BCUT2D eigenvalue weighted by Crippen LogP contribution is -2.27. The van der Waals surface area contributed by atoms with Gasteiger partial charge >= 0.3 is 5.97 Å². The van der Waals surface area contributed by atoms with Crippen LogP contribution in [0.25, 0.3) is 0 Å². The molecule has 0 atom stereocenters. The molecule has 1 N–H and O–H groups in total. The van der Waals surface area contributed by atoms with Crippen molar-refractivity contribution in [2.45, 2.75) is 13.8 Å². The van der Waals surface area contributed by atoms with Gasteiger partial charge in [-0.25, -0.2) is 4.79 Å². The quantitative estimate of drug-likeness (QED) is 0.926. The van der Waals surface area contributed by atoms with Crippen LogP contribution in [-0.2, 0) is 9.59 Å². The topological polar surface area (TPSA) is 77.9 Å². The Kier molecular flexibility index (Phi) is 4.73. The molecule has 0 spiro atoms. The summed E-state index contributed by atoms with van der Waals surface area (Å²) >= 11 is 6.18. The number of anilines is 2. The maximum atomic E-state index is 11.4. The maximum absolute atomic E-state index is 11.4. The van der Waals surface area contributed by atoms with Gasteiger partial charge in [-0.3, -0.25) is 9.59 Å². The molecule has 0 heterocycles. The van der Waals surface area contributed by atoms with Crippen LogP contribution >= 0.6 is 11.6 Å². The van der Waals surface area contributed by atoms with Gasteiger partial charge in [0, 0.05) is 27.9 Å². The van der Waals surface area contributed by atoms with E-state index in [-0.39, 0.29) is 33.8 Å². The van der Waals surface area contributed by atoms with Crippen molar-refractivity contribution in [1.82, 2.24) is 0 Å². The third kappa shape index (κ3) is 3.08. The van der Waals surface area contributed by atoms with Gasteiger partial charge in [0.15, 0.2) is 0 Å². The van der Waals surface area contributed by atoms with E-state index in [4.69, 9.17) is 16.7 Å².